The quantitative estimate of drug-likeness (QED) is 0.227. The van der Waals surface area contributed by atoms with Crippen LogP contribution in [0.1, 0.15) is 138 Å². The summed E-state index contributed by atoms with van der Waals surface area (Å²) < 4.78 is 5.98. The first kappa shape index (κ1) is 33.5. The highest BCUT2D eigenvalue weighted by Gasteiger charge is 2.61. The minimum atomic E-state index is -0.919. The fraction of sp³-hybridized carbons (Fsp3) is 0.651. The molecule has 0 bridgehead atoms. The summed E-state index contributed by atoms with van der Waals surface area (Å²) in [6, 6.07) is 11.8. The predicted octanol–water partition coefficient (Wildman–Crippen LogP) is 8.96. The molecule has 0 aliphatic heterocycles. The van der Waals surface area contributed by atoms with E-state index in [0.717, 1.165) is 70.6 Å². The van der Waals surface area contributed by atoms with Gasteiger partial charge in [0.25, 0.3) is 0 Å². The molecule has 0 amide bonds. The Hall–Kier alpha value is -2.97. The van der Waals surface area contributed by atoms with Crippen LogP contribution in [0.15, 0.2) is 36.4 Å². The highest BCUT2D eigenvalue weighted by atomic mass is 16.5. The second kappa shape index (κ2) is 12.7. The molecule has 5 heteroatoms. The largest absolute Gasteiger partial charge is 0.508 e. The van der Waals surface area contributed by atoms with Gasteiger partial charge in [-0.3, -0.25) is 4.79 Å². The van der Waals surface area contributed by atoms with Crippen LogP contribution >= 0.6 is 0 Å². The number of esters is 1. The number of terminal acetylenes is 1. The molecule has 6 aliphatic carbocycles. The van der Waals surface area contributed by atoms with Crippen molar-refractivity contribution in [3.63, 3.8) is 0 Å². The second-order valence-corrected chi connectivity index (χ2v) is 16.8. The van der Waals surface area contributed by atoms with Crippen LogP contribution in [0.5, 0.6) is 11.5 Å². The van der Waals surface area contributed by atoms with Crippen LogP contribution < -0.4 is 0 Å². The van der Waals surface area contributed by atoms with Crippen molar-refractivity contribution in [2.24, 2.45) is 34.5 Å². The van der Waals surface area contributed by atoms with E-state index in [1.54, 1.807) is 0 Å². The molecule has 0 heterocycles. The Morgan fingerprint density at radius 2 is 1.44 bits per heavy atom. The summed E-state index contributed by atoms with van der Waals surface area (Å²) >= 11 is 0. The molecular formula is C43H56O5. The van der Waals surface area contributed by atoms with E-state index in [-0.39, 0.29) is 22.9 Å². The number of rotatable bonds is 4. The molecule has 8 rings (SSSR count). The molecule has 4 saturated carbocycles. The Morgan fingerprint density at radius 1 is 0.833 bits per heavy atom. The van der Waals surface area contributed by atoms with Crippen LogP contribution in [0.4, 0.5) is 0 Å². The highest BCUT2D eigenvalue weighted by Crippen LogP contribution is 2.64. The van der Waals surface area contributed by atoms with Crippen molar-refractivity contribution < 1.29 is 24.9 Å². The summed E-state index contributed by atoms with van der Waals surface area (Å²) in [4.78, 5) is 12.2. The molecule has 0 saturated heterocycles. The van der Waals surface area contributed by atoms with Crippen molar-refractivity contribution >= 4 is 5.97 Å². The number of hydrogen-bond donors (Lipinski definition) is 3. The molecule has 2 aromatic rings. The first-order chi connectivity index (χ1) is 23.0. The molecule has 3 N–H and O–H groups in total. The zero-order valence-electron chi connectivity index (χ0n) is 29.3. The third kappa shape index (κ3) is 5.46. The van der Waals surface area contributed by atoms with Crippen LogP contribution in [-0.4, -0.2) is 33.0 Å². The lowest BCUT2D eigenvalue weighted by atomic mass is 9.53. The van der Waals surface area contributed by atoms with Crippen molar-refractivity contribution in [2.75, 3.05) is 0 Å². The minimum absolute atomic E-state index is 0.00492. The number of carbonyl (C=O) groups is 1. The molecule has 0 unspecified atom stereocenters. The van der Waals surface area contributed by atoms with Gasteiger partial charge in [0.2, 0.25) is 0 Å². The van der Waals surface area contributed by atoms with Crippen LogP contribution in [0.2, 0.25) is 0 Å². The van der Waals surface area contributed by atoms with Gasteiger partial charge in [0.1, 0.15) is 23.2 Å². The van der Waals surface area contributed by atoms with Crippen LogP contribution in [0, 0.1) is 46.8 Å². The number of benzene rings is 2. The predicted molar refractivity (Wildman–Crippen MR) is 189 cm³/mol. The van der Waals surface area contributed by atoms with Gasteiger partial charge in [-0.25, -0.2) is 0 Å². The molecule has 0 spiro atoms. The van der Waals surface area contributed by atoms with Gasteiger partial charge in [-0.15, -0.1) is 6.42 Å². The van der Waals surface area contributed by atoms with Gasteiger partial charge in [0, 0.05) is 17.3 Å². The Morgan fingerprint density at radius 3 is 2.04 bits per heavy atom. The van der Waals surface area contributed by atoms with E-state index in [0.29, 0.717) is 53.4 Å². The van der Waals surface area contributed by atoms with E-state index in [1.807, 2.05) is 24.3 Å². The maximum Gasteiger partial charge on any atom is 0.306 e. The van der Waals surface area contributed by atoms with Gasteiger partial charge in [0.05, 0.1) is 0 Å². The average molecular weight is 653 g/mol. The fourth-order valence-electron chi connectivity index (χ4n) is 12.1. The highest BCUT2D eigenvalue weighted by molar-refractivity contribution is 5.69. The molecule has 48 heavy (non-hydrogen) atoms. The van der Waals surface area contributed by atoms with Gasteiger partial charge in [-0.1, -0.05) is 45.2 Å². The molecule has 10 atom stereocenters. The molecule has 258 valence electrons. The Balaban J connectivity index is 0.000000154. The minimum Gasteiger partial charge on any atom is -0.508 e. The van der Waals surface area contributed by atoms with Gasteiger partial charge in [-0.05, 0) is 165 Å². The average Bonchev–Trinajstić information content (AvgIpc) is 3.56. The SMILES string of the molecule is C#C[C@]1(O)CC[C@H]2[C@@H]3CCc4cc(O)ccc4[C@H]3CC[C@@]21C.CCCCC(=O)O[C@H]1CC[C@H]2[C@@H]3CCc4cc(O)ccc4[C@H]3CC[C@]12C. The number of aromatic hydroxyl groups is 2. The van der Waals surface area contributed by atoms with Gasteiger partial charge < -0.3 is 20.1 Å². The molecule has 0 radical (unpaired) electrons. The number of unbranched alkanes of at least 4 members (excludes halogenated alkanes) is 1. The monoisotopic (exact) mass is 652 g/mol. The summed E-state index contributed by atoms with van der Waals surface area (Å²) in [6.07, 6.45) is 21.2. The summed E-state index contributed by atoms with van der Waals surface area (Å²) in [5.74, 6) is 7.19. The molecule has 2 aromatic carbocycles. The van der Waals surface area contributed by atoms with Crippen LogP contribution in [0.3, 0.4) is 0 Å². The summed E-state index contributed by atoms with van der Waals surface area (Å²) in [5, 5.41) is 30.4. The number of phenols is 2. The summed E-state index contributed by atoms with van der Waals surface area (Å²) in [7, 11) is 0. The van der Waals surface area contributed by atoms with Crippen molar-refractivity contribution in [2.45, 2.75) is 141 Å². The van der Waals surface area contributed by atoms with Crippen molar-refractivity contribution in [1.29, 1.82) is 0 Å². The van der Waals surface area contributed by atoms with Gasteiger partial charge >= 0.3 is 5.97 Å². The zero-order valence-corrected chi connectivity index (χ0v) is 29.3. The topological polar surface area (TPSA) is 87.0 Å². The third-order valence-corrected chi connectivity index (χ3v) is 14.7. The molecule has 0 aromatic heterocycles. The van der Waals surface area contributed by atoms with E-state index in [1.165, 1.54) is 41.5 Å². The van der Waals surface area contributed by atoms with Gasteiger partial charge in [-0.2, -0.15) is 0 Å². The van der Waals surface area contributed by atoms with Crippen molar-refractivity contribution in [3.05, 3.63) is 58.7 Å². The van der Waals surface area contributed by atoms with Crippen LogP contribution in [0.25, 0.3) is 0 Å². The third-order valence-electron chi connectivity index (χ3n) is 14.7. The van der Waals surface area contributed by atoms with E-state index >= 15 is 0 Å². The lowest BCUT2D eigenvalue weighted by Gasteiger charge is -2.52. The standard InChI is InChI=1S/C23H32O3.C20H24O2/c1-3-4-5-22(25)26-21-11-10-20-19-8-6-15-14-16(24)7-9-17(15)18(19)12-13-23(20,21)2;1-3-20(22)11-9-18-17-6-4-13-12-14(21)5-7-15(13)16(17)8-10-19(18,20)2/h7,9,14,18-21,24H,3-6,8,10-13H2,1-2H3;1,5,7,12,16-18,21-22H,4,6,8-11H2,2H3/t18-,19-,20+,21+,23+;16-,17-,18+,19+,20+/m11/s1. The molecule has 6 aliphatic rings. The molecular weight excluding hydrogens is 596 g/mol. The number of aryl methyl sites for hydroxylation is 2. The first-order valence-electron chi connectivity index (χ1n) is 19.0. The Kier molecular flexibility index (Phi) is 8.89. The number of hydrogen-bond acceptors (Lipinski definition) is 5. The number of fused-ring (bicyclic) bond motifs is 10. The number of ether oxygens (including phenoxy) is 1. The molecule has 4 fully saturated rings. The number of aliphatic hydroxyl groups is 1. The van der Waals surface area contributed by atoms with Crippen molar-refractivity contribution in [1.82, 2.24) is 0 Å². The zero-order chi connectivity index (χ0) is 33.8. The Labute approximate surface area is 287 Å². The summed E-state index contributed by atoms with van der Waals surface area (Å²) in [5.41, 5.74) is 4.65. The van der Waals surface area contributed by atoms with E-state index < -0.39 is 5.60 Å². The number of phenolic OH excluding ortho intramolecular Hbond substituents is 2. The lowest BCUT2D eigenvalue weighted by Crippen LogP contribution is -2.50. The lowest BCUT2D eigenvalue weighted by molar-refractivity contribution is -0.157. The van der Waals surface area contributed by atoms with Crippen LogP contribution in [-0.2, 0) is 22.4 Å². The maximum atomic E-state index is 12.2. The maximum absolute atomic E-state index is 12.2. The molecule has 5 nitrogen and oxygen atoms in total. The van der Waals surface area contributed by atoms with E-state index in [9.17, 15) is 20.1 Å². The fourth-order valence-corrected chi connectivity index (χ4v) is 12.1. The summed E-state index contributed by atoms with van der Waals surface area (Å²) in [6.45, 7) is 6.71. The van der Waals surface area contributed by atoms with E-state index in [4.69, 9.17) is 11.2 Å². The van der Waals surface area contributed by atoms with Crippen molar-refractivity contribution in [3.8, 4) is 23.8 Å². The van der Waals surface area contributed by atoms with E-state index in [2.05, 4.69) is 38.8 Å². The van der Waals surface area contributed by atoms with Gasteiger partial charge in [0.15, 0.2) is 0 Å². The smallest absolute Gasteiger partial charge is 0.306 e. The number of carbonyl (C=O) groups excluding carboxylic acids is 1. The second-order valence-electron chi connectivity index (χ2n) is 16.8. The first-order valence-corrected chi connectivity index (χ1v) is 19.0. The normalized spacial score (nSPS) is 38.8. The Bertz CT molecular complexity index is 1570.